The van der Waals surface area contributed by atoms with Crippen LogP contribution >= 0.6 is 0 Å². The number of aromatic hydroxyl groups is 1. The molecule has 0 spiro atoms. The molecule has 0 amide bonds. The first-order chi connectivity index (χ1) is 10.1. The summed E-state index contributed by atoms with van der Waals surface area (Å²) in [6.07, 6.45) is 11.2. The predicted octanol–water partition coefficient (Wildman–Crippen LogP) is 1.44. The first kappa shape index (κ1) is 13.4. The summed E-state index contributed by atoms with van der Waals surface area (Å²) in [6.45, 7) is 1.75. The van der Waals surface area contributed by atoms with Crippen molar-refractivity contribution >= 4 is 12.0 Å². The van der Waals surface area contributed by atoms with E-state index in [1.54, 1.807) is 13.0 Å². The summed E-state index contributed by atoms with van der Waals surface area (Å²) in [6, 6.07) is -0.247. The number of fused-ring (bicyclic) bond motifs is 3. The molecule has 108 valence electrons. The number of ether oxygens (including phenoxy) is 1. The van der Waals surface area contributed by atoms with Crippen molar-refractivity contribution in [2.75, 3.05) is 6.61 Å². The van der Waals surface area contributed by atoms with Crippen LogP contribution in [0.25, 0.3) is 6.08 Å². The highest BCUT2D eigenvalue weighted by atomic mass is 16.5. The molecule has 1 N–H and O–H groups in total. The van der Waals surface area contributed by atoms with Crippen LogP contribution in [0.15, 0.2) is 35.2 Å². The van der Waals surface area contributed by atoms with Gasteiger partial charge in [-0.3, -0.25) is 9.36 Å². The van der Waals surface area contributed by atoms with Crippen LogP contribution in [-0.4, -0.2) is 27.2 Å². The molecular formula is C15H14N2O4. The third-order valence-corrected chi connectivity index (χ3v) is 3.52. The SMILES string of the molecule is CCOC(=O)c1c(O)nc2n(c1=O)C1C=CC=CC1C=C2. The number of allylic oxidation sites excluding steroid dienone is 5. The number of carbonyl (C=O) groups is 1. The lowest BCUT2D eigenvalue weighted by atomic mass is 9.92. The van der Waals surface area contributed by atoms with E-state index in [2.05, 4.69) is 4.98 Å². The standard InChI is InChI=1S/C15H14N2O4/c1-2-21-15(20)12-13(18)16-11-8-7-9-5-3-4-6-10(9)17(11)14(12)19/h3-10,18H,2H2,1H3. The van der Waals surface area contributed by atoms with Crippen LogP contribution in [-0.2, 0) is 4.74 Å². The van der Waals surface area contributed by atoms with E-state index in [0.29, 0.717) is 5.82 Å². The van der Waals surface area contributed by atoms with Crippen LogP contribution in [0.4, 0.5) is 0 Å². The normalized spacial score (nSPS) is 21.8. The van der Waals surface area contributed by atoms with Crippen LogP contribution < -0.4 is 5.56 Å². The number of rotatable bonds is 2. The quantitative estimate of drug-likeness (QED) is 0.832. The van der Waals surface area contributed by atoms with Gasteiger partial charge >= 0.3 is 5.97 Å². The molecule has 2 atom stereocenters. The minimum absolute atomic E-state index is 0.0292. The molecule has 0 bridgehead atoms. The molecule has 3 rings (SSSR count). The van der Waals surface area contributed by atoms with Crippen molar-refractivity contribution in [3.05, 3.63) is 52.1 Å². The van der Waals surface area contributed by atoms with E-state index >= 15 is 0 Å². The Hall–Kier alpha value is -2.63. The van der Waals surface area contributed by atoms with Gasteiger partial charge in [0.2, 0.25) is 5.88 Å². The zero-order valence-corrected chi connectivity index (χ0v) is 11.4. The Morgan fingerprint density at radius 1 is 1.38 bits per heavy atom. The fourth-order valence-electron chi connectivity index (χ4n) is 2.57. The molecule has 0 saturated heterocycles. The molecule has 1 aromatic heterocycles. The summed E-state index contributed by atoms with van der Waals surface area (Å²) >= 11 is 0. The Kier molecular flexibility index (Phi) is 3.21. The molecule has 1 aromatic rings. The molecule has 1 aliphatic carbocycles. The average molecular weight is 286 g/mol. The number of nitrogens with zero attached hydrogens (tertiary/aromatic N) is 2. The fraction of sp³-hybridized carbons (Fsp3) is 0.267. The maximum atomic E-state index is 12.6. The zero-order chi connectivity index (χ0) is 15.0. The Labute approximate surface area is 120 Å². The Morgan fingerprint density at radius 3 is 2.90 bits per heavy atom. The van der Waals surface area contributed by atoms with Gasteiger partial charge in [0.05, 0.1) is 12.6 Å². The third kappa shape index (κ3) is 2.08. The highest BCUT2D eigenvalue weighted by Crippen LogP contribution is 2.31. The summed E-state index contributed by atoms with van der Waals surface area (Å²) in [5, 5.41) is 9.85. The number of hydrogen-bond donors (Lipinski definition) is 1. The van der Waals surface area contributed by atoms with Crippen LogP contribution in [0.3, 0.4) is 0 Å². The lowest BCUT2D eigenvalue weighted by molar-refractivity contribution is 0.0518. The molecule has 0 saturated carbocycles. The van der Waals surface area contributed by atoms with Gasteiger partial charge < -0.3 is 9.84 Å². The number of aromatic nitrogens is 2. The largest absolute Gasteiger partial charge is 0.492 e. The maximum absolute atomic E-state index is 12.6. The third-order valence-electron chi connectivity index (χ3n) is 3.52. The van der Waals surface area contributed by atoms with Gasteiger partial charge in [-0.1, -0.05) is 30.4 Å². The van der Waals surface area contributed by atoms with Crippen LogP contribution in [0.2, 0.25) is 0 Å². The van der Waals surface area contributed by atoms with Crippen molar-refractivity contribution in [2.24, 2.45) is 5.92 Å². The second kappa shape index (κ2) is 5.05. The van der Waals surface area contributed by atoms with E-state index in [4.69, 9.17) is 4.74 Å². The minimum atomic E-state index is -0.857. The highest BCUT2D eigenvalue weighted by Gasteiger charge is 2.30. The predicted molar refractivity (Wildman–Crippen MR) is 76.0 cm³/mol. The van der Waals surface area contributed by atoms with Crippen LogP contribution in [0, 0.1) is 5.92 Å². The molecule has 6 nitrogen and oxygen atoms in total. The van der Waals surface area contributed by atoms with Crippen molar-refractivity contribution in [3.63, 3.8) is 0 Å². The lowest BCUT2D eigenvalue weighted by Crippen LogP contribution is -2.36. The summed E-state index contributed by atoms with van der Waals surface area (Å²) in [4.78, 5) is 28.4. The molecule has 0 fully saturated rings. The second-order valence-electron chi connectivity index (χ2n) is 4.76. The Morgan fingerprint density at radius 2 is 2.14 bits per heavy atom. The van der Waals surface area contributed by atoms with Crippen molar-refractivity contribution in [3.8, 4) is 5.88 Å². The van der Waals surface area contributed by atoms with Crippen molar-refractivity contribution in [1.29, 1.82) is 0 Å². The molecule has 0 radical (unpaired) electrons. The molecule has 0 aromatic carbocycles. The summed E-state index contributed by atoms with van der Waals surface area (Å²) in [7, 11) is 0. The van der Waals surface area contributed by atoms with E-state index < -0.39 is 23.0 Å². The van der Waals surface area contributed by atoms with Gasteiger partial charge in [0.15, 0.2) is 5.56 Å². The van der Waals surface area contributed by atoms with Gasteiger partial charge in [-0.15, -0.1) is 0 Å². The van der Waals surface area contributed by atoms with E-state index in [0.717, 1.165) is 0 Å². The smallest absolute Gasteiger partial charge is 0.349 e. The molecule has 2 heterocycles. The van der Waals surface area contributed by atoms with E-state index in [1.807, 2.05) is 30.4 Å². The first-order valence-corrected chi connectivity index (χ1v) is 6.69. The average Bonchev–Trinajstić information content (AvgIpc) is 2.46. The van der Waals surface area contributed by atoms with Gasteiger partial charge in [0.1, 0.15) is 5.82 Å². The van der Waals surface area contributed by atoms with Crippen LogP contribution in [0.1, 0.15) is 29.1 Å². The number of hydrogen-bond acceptors (Lipinski definition) is 5. The van der Waals surface area contributed by atoms with Gasteiger partial charge in [-0.2, -0.15) is 4.98 Å². The summed E-state index contributed by atoms with van der Waals surface area (Å²) < 4.78 is 6.23. The highest BCUT2D eigenvalue weighted by molar-refractivity contribution is 5.91. The molecule has 1 aliphatic heterocycles. The van der Waals surface area contributed by atoms with Crippen molar-refractivity contribution < 1.29 is 14.6 Å². The molecule has 2 unspecified atom stereocenters. The van der Waals surface area contributed by atoms with E-state index in [1.165, 1.54) is 4.57 Å². The molecular weight excluding hydrogens is 272 g/mol. The van der Waals surface area contributed by atoms with Gasteiger partial charge in [0, 0.05) is 5.92 Å². The number of esters is 1. The first-order valence-electron chi connectivity index (χ1n) is 6.69. The fourth-order valence-corrected chi connectivity index (χ4v) is 2.57. The van der Waals surface area contributed by atoms with Crippen molar-refractivity contribution in [1.82, 2.24) is 9.55 Å². The summed E-state index contributed by atoms with van der Waals surface area (Å²) in [5.41, 5.74) is -1.01. The van der Waals surface area contributed by atoms with Gasteiger partial charge in [0.25, 0.3) is 5.56 Å². The summed E-state index contributed by atoms with van der Waals surface area (Å²) in [5.74, 6) is -1.10. The Balaban J connectivity index is 2.19. The van der Waals surface area contributed by atoms with E-state index in [-0.39, 0.29) is 18.6 Å². The zero-order valence-electron chi connectivity index (χ0n) is 11.4. The van der Waals surface area contributed by atoms with Gasteiger partial charge in [-0.25, -0.2) is 4.79 Å². The van der Waals surface area contributed by atoms with Crippen molar-refractivity contribution in [2.45, 2.75) is 13.0 Å². The van der Waals surface area contributed by atoms with E-state index in [9.17, 15) is 14.7 Å². The number of carbonyl (C=O) groups excluding carboxylic acids is 1. The second-order valence-corrected chi connectivity index (χ2v) is 4.76. The van der Waals surface area contributed by atoms with Crippen LogP contribution in [0.5, 0.6) is 5.88 Å². The van der Waals surface area contributed by atoms with Gasteiger partial charge in [-0.05, 0) is 13.0 Å². The minimum Gasteiger partial charge on any atom is -0.492 e. The maximum Gasteiger partial charge on any atom is 0.349 e. The monoisotopic (exact) mass is 286 g/mol. The molecule has 21 heavy (non-hydrogen) atoms. The lowest BCUT2D eigenvalue weighted by Gasteiger charge is -2.28. The molecule has 2 aliphatic rings. The Bertz CT molecular complexity index is 743. The molecule has 6 heteroatoms. The topological polar surface area (TPSA) is 81.4 Å².